The van der Waals surface area contributed by atoms with E-state index in [0.717, 1.165) is 11.4 Å². The molecule has 0 aliphatic carbocycles. The third-order valence-electron chi connectivity index (χ3n) is 4.11. The molecule has 26 heavy (non-hydrogen) atoms. The number of hydrogen-bond acceptors (Lipinski definition) is 3. The summed E-state index contributed by atoms with van der Waals surface area (Å²) in [6.45, 7) is 4.18. The van der Waals surface area contributed by atoms with E-state index in [1.165, 1.54) is 18.2 Å². The van der Waals surface area contributed by atoms with E-state index < -0.39 is 11.7 Å². The monoisotopic (exact) mass is 356 g/mol. The summed E-state index contributed by atoms with van der Waals surface area (Å²) in [5.74, 6) is -0.558. The van der Waals surface area contributed by atoms with Crippen LogP contribution < -0.4 is 15.0 Å². The largest absolute Gasteiger partial charge is 0.491 e. The number of carbonyl (C=O) groups excluding carboxylic acids is 2. The first-order valence-corrected chi connectivity index (χ1v) is 8.56. The van der Waals surface area contributed by atoms with Crippen LogP contribution in [0.1, 0.15) is 20.3 Å². The van der Waals surface area contributed by atoms with E-state index in [0.29, 0.717) is 12.2 Å². The van der Waals surface area contributed by atoms with Crippen LogP contribution in [0.25, 0.3) is 0 Å². The molecule has 2 aromatic rings. The molecule has 1 atom stereocenters. The average Bonchev–Trinajstić information content (AvgIpc) is 2.97. The van der Waals surface area contributed by atoms with E-state index in [-0.39, 0.29) is 24.3 Å². The number of carbonyl (C=O) groups is 2. The number of halogens is 1. The minimum atomic E-state index is -0.475. The smallest absolute Gasteiger partial charge is 0.229 e. The van der Waals surface area contributed by atoms with Crippen molar-refractivity contribution in [3.63, 3.8) is 0 Å². The minimum absolute atomic E-state index is 0.0742. The van der Waals surface area contributed by atoms with Crippen molar-refractivity contribution in [3.05, 3.63) is 54.3 Å². The van der Waals surface area contributed by atoms with Crippen LogP contribution in [0.2, 0.25) is 0 Å². The van der Waals surface area contributed by atoms with Gasteiger partial charge < -0.3 is 15.0 Å². The van der Waals surface area contributed by atoms with Gasteiger partial charge >= 0.3 is 0 Å². The zero-order chi connectivity index (χ0) is 18.7. The third kappa shape index (κ3) is 4.20. The Hall–Kier alpha value is -2.89. The first-order valence-electron chi connectivity index (χ1n) is 8.56. The second kappa shape index (κ2) is 7.56. The second-order valence-electron chi connectivity index (χ2n) is 6.57. The van der Waals surface area contributed by atoms with Gasteiger partial charge in [0.1, 0.15) is 11.6 Å². The molecule has 0 saturated carbocycles. The zero-order valence-corrected chi connectivity index (χ0v) is 14.7. The first kappa shape index (κ1) is 17.9. The molecule has 1 fully saturated rings. The number of benzene rings is 2. The lowest BCUT2D eigenvalue weighted by Gasteiger charge is -2.18. The van der Waals surface area contributed by atoms with Gasteiger partial charge in [0.15, 0.2) is 0 Å². The predicted molar refractivity (Wildman–Crippen MR) is 97.7 cm³/mol. The Labute approximate surface area is 151 Å². The molecular weight excluding hydrogens is 335 g/mol. The SMILES string of the molecule is CC(C)Oc1ccc(N2C[C@@H](C(=O)Nc3cccc(F)c3)CC2=O)cc1. The molecule has 0 aromatic heterocycles. The number of nitrogens with one attached hydrogen (secondary N) is 1. The molecule has 1 N–H and O–H groups in total. The fraction of sp³-hybridized carbons (Fsp3) is 0.300. The summed E-state index contributed by atoms with van der Waals surface area (Å²) in [7, 11) is 0. The van der Waals surface area contributed by atoms with Crippen LogP contribution in [0.4, 0.5) is 15.8 Å². The fourth-order valence-electron chi connectivity index (χ4n) is 2.92. The Kier molecular flexibility index (Phi) is 5.21. The Morgan fingerprint density at radius 2 is 1.96 bits per heavy atom. The van der Waals surface area contributed by atoms with E-state index in [4.69, 9.17) is 4.74 Å². The van der Waals surface area contributed by atoms with Crippen molar-refractivity contribution in [2.75, 3.05) is 16.8 Å². The van der Waals surface area contributed by atoms with Crippen LogP contribution in [0, 0.1) is 11.7 Å². The molecule has 0 radical (unpaired) electrons. The fourth-order valence-corrected chi connectivity index (χ4v) is 2.92. The molecule has 0 unspecified atom stereocenters. The number of nitrogens with zero attached hydrogens (tertiary/aromatic N) is 1. The zero-order valence-electron chi connectivity index (χ0n) is 14.7. The molecule has 1 aliphatic rings. The maximum absolute atomic E-state index is 13.2. The minimum Gasteiger partial charge on any atom is -0.491 e. The molecule has 1 heterocycles. The van der Waals surface area contributed by atoms with Gasteiger partial charge in [-0.2, -0.15) is 0 Å². The average molecular weight is 356 g/mol. The third-order valence-corrected chi connectivity index (χ3v) is 4.11. The highest BCUT2D eigenvalue weighted by Gasteiger charge is 2.35. The highest BCUT2D eigenvalue weighted by molar-refractivity contribution is 6.03. The van der Waals surface area contributed by atoms with Gasteiger partial charge in [0.05, 0.1) is 12.0 Å². The Bertz CT molecular complexity index is 805. The van der Waals surface area contributed by atoms with Crippen molar-refractivity contribution in [1.29, 1.82) is 0 Å². The van der Waals surface area contributed by atoms with Crippen LogP contribution in [0.15, 0.2) is 48.5 Å². The van der Waals surface area contributed by atoms with E-state index in [9.17, 15) is 14.0 Å². The lowest BCUT2D eigenvalue weighted by molar-refractivity contribution is -0.122. The van der Waals surface area contributed by atoms with Crippen LogP contribution in [-0.4, -0.2) is 24.5 Å². The summed E-state index contributed by atoms with van der Waals surface area (Å²) >= 11 is 0. The second-order valence-corrected chi connectivity index (χ2v) is 6.57. The van der Waals surface area contributed by atoms with Gasteiger partial charge in [0.2, 0.25) is 11.8 Å². The molecule has 5 nitrogen and oxygen atoms in total. The van der Waals surface area contributed by atoms with Crippen LogP contribution >= 0.6 is 0 Å². The summed E-state index contributed by atoms with van der Waals surface area (Å²) in [5.41, 5.74) is 1.11. The van der Waals surface area contributed by atoms with E-state index in [2.05, 4.69) is 5.32 Å². The van der Waals surface area contributed by atoms with Crippen molar-refractivity contribution in [2.45, 2.75) is 26.4 Å². The lowest BCUT2D eigenvalue weighted by Crippen LogP contribution is -2.28. The predicted octanol–water partition coefficient (Wildman–Crippen LogP) is 3.60. The Balaban J connectivity index is 1.65. The van der Waals surface area contributed by atoms with Crippen molar-refractivity contribution in [3.8, 4) is 5.75 Å². The topological polar surface area (TPSA) is 58.6 Å². The van der Waals surface area contributed by atoms with Gasteiger partial charge in [0.25, 0.3) is 0 Å². The van der Waals surface area contributed by atoms with E-state index in [1.807, 2.05) is 38.1 Å². The van der Waals surface area contributed by atoms with Crippen molar-refractivity contribution < 1.29 is 18.7 Å². The van der Waals surface area contributed by atoms with Gasteiger partial charge in [-0.25, -0.2) is 4.39 Å². The number of ether oxygens (including phenoxy) is 1. The molecule has 0 bridgehead atoms. The number of amides is 2. The van der Waals surface area contributed by atoms with E-state index >= 15 is 0 Å². The van der Waals surface area contributed by atoms with Gasteiger partial charge in [0, 0.05) is 24.3 Å². The van der Waals surface area contributed by atoms with Crippen LogP contribution in [0.5, 0.6) is 5.75 Å². The first-order chi connectivity index (χ1) is 12.4. The van der Waals surface area contributed by atoms with Crippen molar-refractivity contribution >= 4 is 23.2 Å². The maximum Gasteiger partial charge on any atom is 0.229 e. The highest BCUT2D eigenvalue weighted by Crippen LogP contribution is 2.28. The Morgan fingerprint density at radius 3 is 2.62 bits per heavy atom. The van der Waals surface area contributed by atoms with Gasteiger partial charge in [-0.15, -0.1) is 0 Å². The van der Waals surface area contributed by atoms with Crippen LogP contribution in [0.3, 0.4) is 0 Å². The molecule has 136 valence electrons. The summed E-state index contributed by atoms with van der Waals surface area (Å²) in [5, 5.41) is 2.67. The summed E-state index contributed by atoms with van der Waals surface area (Å²) in [4.78, 5) is 26.3. The normalized spacial score (nSPS) is 16.8. The van der Waals surface area contributed by atoms with Crippen molar-refractivity contribution in [2.24, 2.45) is 5.92 Å². The highest BCUT2D eigenvalue weighted by atomic mass is 19.1. The van der Waals surface area contributed by atoms with Crippen molar-refractivity contribution in [1.82, 2.24) is 0 Å². The molecule has 2 amide bonds. The quantitative estimate of drug-likeness (QED) is 0.890. The molecular formula is C20H21FN2O3. The number of rotatable bonds is 5. The standard InChI is InChI=1S/C20H21FN2O3/c1-13(2)26-18-8-6-17(7-9-18)23-12-14(10-19(23)24)20(25)22-16-5-3-4-15(21)11-16/h3-9,11,13-14H,10,12H2,1-2H3,(H,22,25)/t14-/m0/s1. The number of hydrogen-bond donors (Lipinski definition) is 1. The molecule has 1 aliphatic heterocycles. The van der Waals surface area contributed by atoms with Gasteiger partial charge in [-0.05, 0) is 56.3 Å². The molecule has 2 aromatic carbocycles. The molecule has 1 saturated heterocycles. The van der Waals surface area contributed by atoms with Gasteiger partial charge in [-0.3, -0.25) is 9.59 Å². The van der Waals surface area contributed by atoms with Gasteiger partial charge in [-0.1, -0.05) is 6.07 Å². The number of anilines is 2. The molecule has 0 spiro atoms. The lowest BCUT2D eigenvalue weighted by atomic mass is 10.1. The maximum atomic E-state index is 13.2. The van der Waals surface area contributed by atoms with Crippen LogP contribution in [-0.2, 0) is 9.59 Å². The summed E-state index contributed by atoms with van der Waals surface area (Å²) < 4.78 is 18.8. The Morgan fingerprint density at radius 1 is 1.23 bits per heavy atom. The summed E-state index contributed by atoms with van der Waals surface area (Å²) in [6, 6.07) is 12.9. The summed E-state index contributed by atoms with van der Waals surface area (Å²) in [6.07, 6.45) is 0.205. The van der Waals surface area contributed by atoms with E-state index in [1.54, 1.807) is 11.0 Å². The molecule has 6 heteroatoms. The molecule has 3 rings (SSSR count).